The molecule has 0 amide bonds. The highest BCUT2D eigenvalue weighted by molar-refractivity contribution is 9.11. The molecule has 0 saturated carbocycles. The third kappa shape index (κ3) is 5.09. The van der Waals surface area contributed by atoms with Crippen LogP contribution in [-0.4, -0.2) is 0 Å². The van der Waals surface area contributed by atoms with Crippen molar-refractivity contribution in [3.05, 3.63) is 91.0 Å². The van der Waals surface area contributed by atoms with Crippen LogP contribution in [-0.2, 0) is 13.2 Å². The first-order chi connectivity index (χ1) is 12.5. The zero-order valence-corrected chi connectivity index (χ0v) is 18.4. The second-order valence-electron chi connectivity index (χ2n) is 5.63. The van der Waals surface area contributed by atoms with Gasteiger partial charge in [-0.05, 0) is 79.9 Å². The van der Waals surface area contributed by atoms with Crippen molar-refractivity contribution in [1.29, 1.82) is 0 Å². The zero-order chi connectivity index (χ0) is 18.5. The van der Waals surface area contributed by atoms with E-state index in [2.05, 4.69) is 53.1 Å². The van der Waals surface area contributed by atoms with Crippen LogP contribution < -0.4 is 10.1 Å². The van der Waals surface area contributed by atoms with E-state index < -0.39 is 0 Å². The van der Waals surface area contributed by atoms with Crippen molar-refractivity contribution < 1.29 is 9.13 Å². The summed E-state index contributed by atoms with van der Waals surface area (Å²) in [4.78, 5) is 0. The molecule has 3 aromatic carbocycles. The Bertz CT molecular complexity index is 877. The standard InChI is InChI=1S/C20H15Br3FNO/c21-15-5-7-16(8-6-15)25-11-13-9-17(22)20(18(23)10-13)26-12-14-3-1-2-4-19(14)24/h1-10,25H,11-12H2. The maximum absolute atomic E-state index is 13.7. The van der Waals surface area contributed by atoms with Gasteiger partial charge in [0.25, 0.3) is 0 Å². The summed E-state index contributed by atoms with van der Waals surface area (Å²) in [6.45, 7) is 0.840. The van der Waals surface area contributed by atoms with Gasteiger partial charge in [-0.25, -0.2) is 4.39 Å². The molecule has 0 unspecified atom stereocenters. The molecule has 0 atom stereocenters. The van der Waals surface area contributed by atoms with E-state index in [4.69, 9.17) is 4.74 Å². The number of anilines is 1. The summed E-state index contributed by atoms with van der Waals surface area (Å²) >= 11 is 10.5. The van der Waals surface area contributed by atoms with E-state index >= 15 is 0 Å². The molecule has 6 heteroatoms. The third-order valence-corrected chi connectivity index (χ3v) is 5.44. The summed E-state index contributed by atoms with van der Waals surface area (Å²) in [6, 6.07) is 18.6. The van der Waals surface area contributed by atoms with Gasteiger partial charge in [-0.3, -0.25) is 0 Å². The molecular weight excluding hydrogens is 529 g/mol. The average Bonchev–Trinajstić information content (AvgIpc) is 2.62. The smallest absolute Gasteiger partial charge is 0.148 e. The highest BCUT2D eigenvalue weighted by atomic mass is 79.9. The number of ether oxygens (including phenoxy) is 1. The Morgan fingerprint density at radius 3 is 2.19 bits per heavy atom. The first kappa shape index (κ1) is 19.4. The quantitative estimate of drug-likeness (QED) is 0.352. The number of rotatable bonds is 6. The predicted molar refractivity (Wildman–Crippen MR) is 114 cm³/mol. The van der Waals surface area contributed by atoms with Crippen LogP contribution in [0.15, 0.2) is 74.1 Å². The van der Waals surface area contributed by atoms with Crippen molar-refractivity contribution in [3.8, 4) is 5.75 Å². The lowest BCUT2D eigenvalue weighted by Crippen LogP contribution is -2.02. The second-order valence-corrected chi connectivity index (χ2v) is 8.25. The van der Waals surface area contributed by atoms with Gasteiger partial charge in [-0.2, -0.15) is 0 Å². The van der Waals surface area contributed by atoms with Crippen LogP contribution in [0.1, 0.15) is 11.1 Å². The minimum Gasteiger partial charge on any atom is -0.486 e. The molecule has 26 heavy (non-hydrogen) atoms. The van der Waals surface area contributed by atoms with E-state index in [1.165, 1.54) is 6.07 Å². The monoisotopic (exact) mass is 541 g/mol. The molecule has 0 aliphatic heterocycles. The lowest BCUT2D eigenvalue weighted by molar-refractivity contribution is 0.296. The fraction of sp³-hybridized carbons (Fsp3) is 0.100. The van der Waals surface area contributed by atoms with Gasteiger partial charge in [0.15, 0.2) is 0 Å². The first-order valence-corrected chi connectivity index (χ1v) is 10.2. The van der Waals surface area contributed by atoms with Crippen LogP contribution in [0, 0.1) is 5.82 Å². The van der Waals surface area contributed by atoms with E-state index in [0.29, 0.717) is 17.9 Å². The Labute approximate surface area is 177 Å². The van der Waals surface area contributed by atoms with Gasteiger partial charge >= 0.3 is 0 Å². The molecule has 0 bridgehead atoms. The topological polar surface area (TPSA) is 21.3 Å². The maximum atomic E-state index is 13.7. The van der Waals surface area contributed by atoms with Crippen LogP contribution >= 0.6 is 47.8 Å². The van der Waals surface area contributed by atoms with Crippen LogP contribution in [0.3, 0.4) is 0 Å². The minimum absolute atomic E-state index is 0.167. The number of nitrogens with one attached hydrogen (secondary N) is 1. The molecule has 3 aromatic rings. The van der Waals surface area contributed by atoms with E-state index in [1.54, 1.807) is 18.2 Å². The summed E-state index contributed by atoms with van der Waals surface area (Å²) in [6.07, 6.45) is 0. The first-order valence-electron chi connectivity index (χ1n) is 7.86. The Morgan fingerprint density at radius 1 is 0.885 bits per heavy atom. The van der Waals surface area contributed by atoms with Crippen molar-refractivity contribution in [1.82, 2.24) is 0 Å². The van der Waals surface area contributed by atoms with E-state index in [-0.39, 0.29) is 12.4 Å². The Hall–Kier alpha value is -1.37. The minimum atomic E-state index is -0.268. The molecule has 3 rings (SSSR count). The van der Waals surface area contributed by atoms with Gasteiger partial charge in [0, 0.05) is 22.3 Å². The van der Waals surface area contributed by atoms with Crippen LogP contribution in [0.5, 0.6) is 5.75 Å². The van der Waals surface area contributed by atoms with Crippen LogP contribution in [0.4, 0.5) is 10.1 Å². The molecular formula is C20H15Br3FNO. The predicted octanol–water partition coefficient (Wildman–Crippen LogP) is 7.30. The van der Waals surface area contributed by atoms with E-state index in [0.717, 1.165) is 24.7 Å². The molecule has 0 fully saturated rings. The zero-order valence-electron chi connectivity index (χ0n) is 13.6. The van der Waals surface area contributed by atoms with Crippen molar-refractivity contribution in [2.24, 2.45) is 0 Å². The molecule has 0 aromatic heterocycles. The fourth-order valence-electron chi connectivity index (χ4n) is 2.39. The Morgan fingerprint density at radius 2 is 1.54 bits per heavy atom. The van der Waals surface area contributed by atoms with Crippen LogP contribution in [0.25, 0.3) is 0 Å². The van der Waals surface area contributed by atoms with E-state index in [1.807, 2.05) is 36.4 Å². The summed E-state index contributed by atoms with van der Waals surface area (Å²) in [7, 11) is 0. The number of benzene rings is 3. The molecule has 1 N–H and O–H groups in total. The van der Waals surface area contributed by atoms with Gasteiger partial charge < -0.3 is 10.1 Å². The number of hydrogen-bond acceptors (Lipinski definition) is 2. The van der Waals surface area contributed by atoms with Gasteiger partial charge in [0.05, 0.1) is 8.95 Å². The Balaban J connectivity index is 1.67. The summed E-state index contributed by atoms with van der Waals surface area (Å²) in [5.74, 6) is 0.385. The van der Waals surface area contributed by atoms with Crippen LogP contribution in [0.2, 0.25) is 0 Å². The normalized spacial score (nSPS) is 10.6. The molecule has 0 saturated heterocycles. The second kappa shape index (κ2) is 9.02. The molecule has 0 radical (unpaired) electrons. The SMILES string of the molecule is Fc1ccccc1COc1c(Br)cc(CNc2ccc(Br)cc2)cc1Br. The lowest BCUT2D eigenvalue weighted by atomic mass is 10.2. The van der Waals surface area contributed by atoms with Crippen molar-refractivity contribution in [2.75, 3.05) is 5.32 Å². The summed E-state index contributed by atoms with van der Waals surface area (Å²) in [5, 5.41) is 3.37. The third-order valence-electron chi connectivity index (χ3n) is 3.73. The van der Waals surface area contributed by atoms with E-state index in [9.17, 15) is 4.39 Å². The molecule has 0 spiro atoms. The highest BCUT2D eigenvalue weighted by Crippen LogP contribution is 2.35. The molecule has 134 valence electrons. The van der Waals surface area contributed by atoms with Crippen molar-refractivity contribution in [2.45, 2.75) is 13.2 Å². The number of hydrogen-bond donors (Lipinski definition) is 1. The number of halogens is 4. The maximum Gasteiger partial charge on any atom is 0.148 e. The molecule has 0 aliphatic rings. The average molecular weight is 544 g/mol. The van der Waals surface area contributed by atoms with Gasteiger partial charge in [0.1, 0.15) is 18.2 Å². The fourth-order valence-corrected chi connectivity index (χ4v) is 4.16. The van der Waals surface area contributed by atoms with Gasteiger partial charge in [0.2, 0.25) is 0 Å². The molecule has 2 nitrogen and oxygen atoms in total. The summed E-state index contributed by atoms with van der Waals surface area (Å²) < 4.78 is 22.2. The van der Waals surface area contributed by atoms with Gasteiger partial charge in [-0.1, -0.05) is 34.1 Å². The van der Waals surface area contributed by atoms with Crippen molar-refractivity contribution >= 4 is 53.5 Å². The van der Waals surface area contributed by atoms with Crippen molar-refractivity contribution in [3.63, 3.8) is 0 Å². The molecule has 0 heterocycles. The summed E-state index contributed by atoms with van der Waals surface area (Å²) in [5.41, 5.74) is 2.65. The Kier molecular flexibility index (Phi) is 6.73. The van der Waals surface area contributed by atoms with Gasteiger partial charge in [-0.15, -0.1) is 0 Å². The lowest BCUT2D eigenvalue weighted by Gasteiger charge is -2.13. The molecule has 0 aliphatic carbocycles. The highest BCUT2D eigenvalue weighted by Gasteiger charge is 2.11. The largest absolute Gasteiger partial charge is 0.486 e.